The van der Waals surface area contributed by atoms with E-state index in [-0.39, 0.29) is 29.1 Å². The van der Waals surface area contributed by atoms with Crippen LogP contribution in [-0.2, 0) is 20.9 Å². The smallest absolute Gasteiger partial charge is 0.308 e. The fourth-order valence-electron chi connectivity index (χ4n) is 4.99. The van der Waals surface area contributed by atoms with Crippen molar-refractivity contribution in [1.29, 1.82) is 0 Å². The Bertz CT molecular complexity index is 1650. The van der Waals surface area contributed by atoms with Crippen molar-refractivity contribution in [3.8, 4) is 0 Å². The fourth-order valence-corrected chi connectivity index (χ4v) is 8.02. The van der Waals surface area contributed by atoms with E-state index in [0.717, 1.165) is 16.9 Å². The molecule has 0 saturated carbocycles. The molecule has 2 aliphatic rings. The van der Waals surface area contributed by atoms with Crippen LogP contribution in [0, 0.1) is 5.92 Å². The van der Waals surface area contributed by atoms with Gasteiger partial charge in [0.1, 0.15) is 11.8 Å². The Morgan fingerprint density at radius 2 is 1.49 bits per heavy atom. The van der Waals surface area contributed by atoms with Gasteiger partial charge in [-0.05, 0) is 54.1 Å². The summed E-state index contributed by atoms with van der Waals surface area (Å²) in [5.74, 6) is -2.39. The minimum atomic E-state index is -0.779. The van der Waals surface area contributed by atoms with Crippen LogP contribution in [0.1, 0.15) is 16.4 Å². The van der Waals surface area contributed by atoms with E-state index in [1.54, 1.807) is 60.7 Å². The van der Waals surface area contributed by atoms with Crippen molar-refractivity contribution < 1.29 is 14.4 Å². The number of anilines is 2. The quantitative estimate of drug-likeness (QED) is 0.301. The van der Waals surface area contributed by atoms with Crippen LogP contribution in [0.5, 0.6) is 0 Å². The van der Waals surface area contributed by atoms with E-state index in [1.807, 2.05) is 18.2 Å². The van der Waals surface area contributed by atoms with Gasteiger partial charge in [-0.25, -0.2) is 4.90 Å². The molecular weight excluding hydrogens is 577 g/mol. The number of amides is 3. The molecule has 0 bridgehead atoms. The van der Waals surface area contributed by atoms with Crippen molar-refractivity contribution in [2.75, 3.05) is 10.2 Å². The lowest BCUT2D eigenvalue weighted by Gasteiger charge is -2.30. The average Bonchev–Trinajstić information content (AvgIpc) is 3.36. The number of thioether (sulfide) groups is 1. The first-order chi connectivity index (χ1) is 18.8. The summed E-state index contributed by atoms with van der Waals surface area (Å²) in [7, 11) is 0. The van der Waals surface area contributed by atoms with Crippen molar-refractivity contribution in [1.82, 2.24) is 4.57 Å². The van der Waals surface area contributed by atoms with Gasteiger partial charge in [0.25, 0.3) is 0 Å². The zero-order chi connectivity index (χ0) is 27.3. The number of para-hydroxylation sites is 1. The third-order valence-electron chi connectivity index (χ3n) is 6.72. The molecule has 11 heteroatoms. The molecular formula is C28H19Cl2N3O4S2. The van der Waals surface area contributed by atoms with Gasteiger partial charge in [0.05, 0.1) is 16.6 Å². The van der Waals surface area contributed by atoms with Gasteiger partial charge in [0.2, 0.25) is 17.7 Å². The SMILES string of the molecule is O=C(Cn1c2c(sc1=O)[C@H](c1ccc(Cl)cc1)C1C(=O)N(c3ccc(Cl)cc3)C(=O)C1S2)Nc1ccccc1. The molecule has 3 aromatic carbocycles. The van der Waals surface area contributed by atoms with Crippen LogP contribution in [0.15, 0.2) is 88.7 Å². The highest BCUT2D eigenvalue weighted by molar-refractivity contribution is 8.00. The van der Waals surface area contributed by atoms with Gasteiger partial charge in [-0.1, -0.05) is 76.6 Å². The van der Waals surface area contributed by atoms with E-state index in [2.05, 4.69) is 5.32 Å². The number of benzene rings is 3. The van der Waals surface area contributed by atoms with Crippen LogP contribution in [0.4, 0.5) is 11.4 Å². The number of imide groups is 1. The van der Waals surface area contributed by atoms with Gasteiger partial charge < -0.3 is 5.32 Å². The molecule has 3 atom stereocenters. The van der Waals surface area contributed by atoms with Crippen molar-refractivity contribution >= 4 is 75.4 Å². The topological polar surface area (TPSA) is 88.5 Å². The number of aromatic nitrogens is 1. The molecule has 0 spiro atoms. The number of carbonyl (C=O) groups is 3. The Hall–Kier alpha value is -3.37. The summed E-state index contributed by atoms with van der Waals surface area (Å²) in [6, 6.07) is 22.5. The maximum Gasteiger partial charge on any atom is 0.308 e. The first-order valence-electron chi connectivity index (χ1n) is 12.0. The van der Waals surface area contributed by atoms with Crippen LogP contribution < -0.4 is 15.1 Å². The molecule has 2 aliphatic heterocycles. The number of hydrogen-bond acceptors (Lipinski definition) is 6. The van der Waals surface area contributed by atoms with Gasteiger partial charge in [-0.2, -0.15) is 0 Å². The monoisotopic (exact) mass is 595 g/mol. The lowest BCUT2D eigenvalue weighted by molar-refractivity contribution is -0.122. The minimum absolute atomic E-state index is 0.222. The summed E-state index contributed by atoms with van der Waals surface area (Å²) in [5.41, 5.74) is 1.81. The molecule has 1 saturated heterocycles. The Morgan fingerprint density at radius 3 is 2.15 bits per heavy atom. The number of nitrogens with zero attached hydrogens (tertiary/aromatic N) is 2. The predicted molar refractivity (Wildman–Crippen MR) is 154 cm³/mol. The number of nitrogens with one attached hydrogen (secondary N) is 1. The summed E-state index contributed by atoms with van der Waals surface area (Å²) < 4.78 is 1.39. The highest BCUT2D eigenvalue weighted by Crippen LogP contribution is 2.54. The van der Waals surface area contributed by atoms with E-state index in [1.165, 1.54) is 21.2 Å². The molecule has 0 radical (unpaired) electrons. The van der Waals surface area contributed by atoms with Crippen molar-refractivity contribution in [3.63, 3.8) is 0 Å². The first-order valence-corrected chi connectivity index (χ1v) is 14.4. The van der Waals surface area contributed by atoms with E-state index < -0.39 is 17.1 Å². The van der Waals surface area contributed by atoms with Crippen LogP contribution in [-0.4, -0.2) is 27.5 Å². The lowest BCUT2D eigenvalue weighted by Crippen LogP contribution is -2.33. The van der Waals surface area contributed by atoms with Gasteiger partial charge in [-0.15, -0.1) is 0 Å². The number of halogens is 2. The van der Waals surface area contributed by atoms with Crippen LogP contribution in [0.2, 0.25) is 10.0 Å². The van der Waals surface area contributed by atoms with E-state index >= 15 is 0 Å². The van der Waals surface area contributed by atoms with Gasteiger partial charge in [-0.3, -0.25) is 23.7 Å². The number of hydrogen-bond donors (Lipinski definition) is 1. The molecule has 1 fully saturated rings. The lowest BCUT2D eigenvalue weighted by atomic mass is 9.83. The van der Waals surface area contributed by atoms with E-state index in [9.17, 15) is 19.2 Å². The fraction of sp³-hybridized carbons (Fsp3) is 0.143. The van der Waals surface area contributed by atoms with Gasteiger partial charge >= 0.3 is 4.87 Å². The minimum Gasteiger partial charge on any atom is -0.325 e. The number of carbonyl (C=O) groups excluding carboxylic acids is 3. The Morgan fingerprint density at radius 1 is 0.846 bits per heavy atom. The van der Waals surface area contributed by atoms with Gasteiger partial charge in [0.15, 0.2) is 0 Å². The van der Waals surface area contributed by atoms with Crippen molar-refractivity contribution in [3.05, 3.63) is 109 Å². The maximum atomic E-state index is 13.9. The second-order valence-electron chi connectivity index (χ2n) is 9.12. The zero-order valence-corrected chi connectivity index (χ0v) is 23.2. The van der Waals surface area contributed by atoms with Gasteiger partial charge in [0, 0.05) is 26.5 Å². The number of fused-ring (bicyclic) bond motifs is 2. The summed E-state index contributed by atoms with van der Waals surface area (Å²) in [6.45, 7) is -0.222. The molecule has 2 unspecified atom stereocenters. The molecule has 7 nitrogen and oxygen atoms in total. The molecule has 3 heterocycles. The third kappa shape index (κ3) is 4.69. The first kappa shape index (κ1) is 25.9. The third-order valence-corrected chi connectivity index (χ3v) is 9.83. The summed E-state index contributed by atoms with van der Waals surface area (Å²) in [4.78, 5) is 55.2. The van der Waals surface area contributed by atoms with Crippen molar-refractivity contribution in [2.45, 2.75) is 22.7 Å². The van der Waals surface area contributed by atoms with Crippen LogP contribution in [0.3, 0.4) is 0 Å². The standard InChI is InChI=1S/C28H19Cl2N3O4S2/c29-16-8-6-15(7-9-16)21-22-23(26(36)33(25(22)35)19-12-10-17(30)11-13-19)38-27-24(21)39-28(37)32(27)14-20(34)31-18-4-2-1-3-5-18/h1-13,21-23H,14H2,(H,31,34)/t21-,22?,23?/m1/s1. The highest BCUT2D eigenvalue weighted by Gasteiger charge is 2.56. The van der Waals surface area contributed by atoms with Crippen LogP contribution in [0.25, 0.3) is 0 Å². The normalized spacial score (nSPS) is 20.1. The molecule has 6 rings (SSSR count). The molecule has 4 aromatic rings. The predicted octanol–water partition coefficient (Wildman–Crippen LogP) is 5.65. The average molecular weight is 597 g/mol. The largest absolute Gasteiger partial charge is 0.325 e. The Balaban J connectivity index is 1.42. The number of thiazole rings is 1. The molecule has 1 N–H and O–H groups in total. The van der Waals surface area contributed by atoms with Crippen LogP contribution >= 0.6 is 46.3 Å². The Kier molecular flexibility index (Phi) is 6.84. The second kappa shape index (κ2) is 10.3. The highest BCUT2D eigenvalue weighted by atomic mass is 35.5. The maximum absolute atomic E-state index is 13.9. The molecule has 0 aliphatic carbocycles. The zero-order valence-electron chi connectivity index (χ0n) is 20.0. The molecule has 1 aromatic heterocycles. The number of rotatable bonds is 5. The Labute approximate surface area is 241 Å². The second-order valence-corrected chi connectivity index (χ2v) is 12.1. The van der Waals surface area contributed by atoms with Crippen molar-refractivity contribution in [2.24, 2.45) is 5.92 Å². The molecule has 39 heavy (non-hydrogen) atoms. The summed E-state index contributed by atoms with van der Waals surface area (Å²) >= 11 is 14.3. The summed E-state index contributed by atoms with van der Waals surface area (Å²) in [6.07, 6.45) is 0. The van der Waals surface area contributed by atoms with E-state index in [0.29, 0.717) is 31.3 Å². The molecule has 3 amide bonds. The van der Waals surface area contributed by atoms with E-state index in [4.69, 9.17) is 23.2 Å². The summed E-state index contributed by atoms with van der Waals surface area (Å²) in [5, 5.41) is 3.56. The molecule has 196 valence electrons.